The van der Waals surface area contributed by atoms with Crippen LogP contribution >= 0.6 is 0 Å². The van der Waals surface area contributed by atoms with E-state index < -0.39 is 11.9 Å². The van der Waals surface area contributed by atoms with Crippen molar-refractivity contribution in [3.8, 4) is 0 Å². The van der Waals surface area contributed by atoms with Gasteiger partial charge in [-0.2, -0.15) is 0 Å². The minimum absolute atomic E-state index is 0.115. The van der Waals surface area contributed by atoms with Crippen LogP contribution in [0.15, 0.2) is 18.2 Å². The van der Waals surface area contributed by atoms with Crippen molar-refractivity contribution < 1.29 is 19.5 Å². The molecule has 1 aromatic carbocycles. The number of carbonyl (C=O) groups excluding carboxylic acids is 2. The Bertz CT molecular complexity index is 508. The molecule has 0 aliphatic heterocycles. The summed E-state index contributed by atoms with van der Waals surface area (Å²) in [6, 6.07) is 5.48. The Morgan fingerprint density at radius 1 is 1.11 bits per heavy atom. The number of ketones is 1. The van der Waals surface area contributed by atoms with Gasteiger partial charge >= 0.3 is 5.97 Å². The molecule has 5 heteroatoms. The molecule has 0 atom stereocenters. The van der Waals surface area contributed by atoms with E-state index in [2.05, 4.69) is 5.32 Å². The second-order valence-corrected chi connectivity index (χ2v) is 4.46. The van der Waals surface area contributed by atoms with Crippen molar-refractivity contribution in [1.82, 2.24) is 0 Å². The van der Waals surface area contributed by atoms with E-state index in [1.807, 2.05) is 26.0 Å². The number of benzene rings is 1. The zero-order valence-corrected chi connectivity index (χ0v) is 11.0. The third-order valence-electron chi connectivity index (χ3n) is 2.77. The van der Waals surface area contributed by atoms with E-state index in [-0.39, 0.29) is 25.0 Å². The van der Waals surface area contributed by atoms with Crippen molar-refractivity contribution >= 4 is 23.3 Å². The molecule has 0 fully saturated rings. The minimum atomic E-state index is -1.04. The smallest absolute Gasteiger partial charge is 0.303 e. The lowest BCUT2D eigenvalue weighted by Crippen LogP contribution is -2.17. The number of carbonyl (C=O) groups is 3. The third kappa shape index (κ3) is 5.33. The van der Waals surface area contributed by atoms with Crippen LogP contribution in [0, 0.1) is 13.8 Å². The predicted molar refractivity (Wildman–Crippen MR) is 71.0 cm³/mol. The van der Waals surface area contributed by atoms with E-state index >= 15 is 0 Å². The second-order valence-electron chi connectivity index (χ2n) is 4.46. The molecule has 5 nitrogen and oxygen atoms in total. The molecule has 1 aromatic rings. The van der Waals surface area contributed by atoms with E-state index in [9.17, 15) is 14.4 Å². The van der Waals surface area contributed by atoms with Gasteiger partial charge in [0.15, 0.2) is 0 Å². The number of amides is 1. The molecule has 0 spiro atoms. The number of carboxylic acids is 1. The number of aliphatic carboxylic acids is 1. The molecule has 0 radical (unpaired) electrons. The van der Waals surface area contributed by atoms with Crippen molar-refractivity contribution in [3.63, 3.8) is 0 Å². The molecule has 0 heterocycles. The fourth-order valence-electron chi connectivity index (χ4n) is 1.54. The first-order valence-corrected chi connectivity index (χ1v) is 5.99. The van der Waals surface area contributed by atoms with E-state index in [1.54, 1.807) is 6.07 Å². The van der Waals surface area contributed by atoms with Gasteiger partial charge in [-0.15, -0.1) is 0 Å². The van der Waals surface area contributed by atoms with Gasteiger partial charge < -0.3 is 10.4 Å². The van der Waals surface area contributed by atoms with Crippen LogP contribution in [0.25, 0.3) is 0 Å². The summed E-state index contributed by atoms with van der Waals surface area (Å²) in [7, 11) is 0. The number of nitrogens with one attached hydrogen (secondary N) is 1. The summed E-state index contributed by atoms with van der Waals surface area (Å²) >= 11 is 0. The van der Waals surface area contributed by atoms with Crippen LogP contribution in [0.2, 0.25) is 0 Å². The standard InChI is InChI=1S/C14H17NO4/c1-9-3-4-11(7-10(9)2)15-13(17)8-12(16)5-6-14(18)19/h3-4,7H,5-6,8H2,1-2H3,(H,15,17)(H,18,19). The SMILES string of the molecule is Cc1ccc(NC(=O)CC(=O)CCC(=O)O)cc1C. The normalized spacial score (nSPS) is 10.0. The first kappa shape index (κ1) is 14.9. The molecule has 0 aliphatic rings. The van der Waals surface area contributed by atoms with E-state index in [1.165, 1.54) is 0 Å². The van der Waals surface area contributed by atoms with Crippen molar-refractivity contribution in [2.24, 2.45) is 0 Å². The van der Waals surface area contributed by atoms with Crippen molar-refractivity contribution in [2.75, 3.05) is 5.32 Å². The van der Waals surface area contributed by atoms with Crippen LogP contribution in [0.4, 0.5) is 5.69 Å². The van der Waals surface area contributed by atoms with Gasteiger partial charge in [0, 0.05) is 12.1 Å². The summed E-state index contributed by atoms with van der Waals surface area (Å²) in [5.74, 6) is -1.83. The van der Waals surface area contributed by atoms with Crippen molar-refractivity contribution in [2.45, 2.75) is 33.1 Å². The fraction of sp³-hybridized carbons (Fsp3) is 0.357. The Balaban J connectivity index is 2.48. The molecule has 0 saturated carbocycles. The van der Waals surface area contributed by atoms with Crippen LogP contribution in [0.5, 0.6) is 0 Å². The predicted octanol–water partition coefficient (Wildman–Crippen LogP) is 2.07. The van der Waals surface area contributed by atoms with Crippen LogP contribution in [-0.2, 0) is 14.4 Å². The van der Waals surface area contributed by atoms with Gasteiger partial charge in [0.2, 0.25) is 5.91 Å². The number of carboxylic acid groups (broad SMARTS) is 1. The highest BCUT2D eigenvalue weighted by Gasteiger charge is 2.11. The van der Waals surface area contributed by atoms with Gasteiger partial charge in [0.05, 0.1) is 12.8 Å². The molecular formula is C14H17NO4. The topological polar surface area (TPSA) is 83.5 Å². The molecule has 102 valence electrons. The maximum absolute atomic E-state index is 11.6. The Morgan fingerprint density at radius 3 is 2.37 bits per heavy atom. The van der Waals surface area contributed by atoms with E-state index in [0.29, 0.717) is 5.69 Å². The number of aryl methyl sites for hydroxylation is 2. The van der Waals surface area contributed by atoms with E-state index in [4.69, 9.17) is 5.11 Å². The summed E-state index contributed by atoms with van der Waals surface area (Å²) in [5.41, 5.74) is 2.81. The Morgan fingerprint density at radius 2 is 1.79 bits per heavy atom. The lowest BCUT2D eigenvalue weighted by molar-refractivity contribution is -0.139. The number of hydrogen-bond acceptors (Lipinski definition) is 3. The second kappa shape index (κ2) is 6.68. The third-order valence-corrected chi connectivity index (χ3v) is 2.77. The fourth-order valence-corrected chi connectivity index (χ4v) is 1.54. The summed E-state index contributed by atoms with van der Waals surface area (Å²) in [6.45, 7) is 3.90. The molecule has 19 heavy (non-hydrogen) atoms. The first-order valence-electron chi connectivity index (χ1n) is 5.99. The molecule has 2 N–H and O–H groups in total. The van der Waals surface area contributed by atoms with Crippen LogP contribution < -0.4 is 5.32 Å². The maximum Gasteiger partial charge on any atom is 0.303 e. The summed E-state index contributed by atoms with van der Waals surface area (Å²) in [6.07, 6.45) is -0.647. The van der Waals surface area contributed by atoms with Gasteiger partial charge in [-0.05, 0) is 37.1 Å². The van der Waals surface area contributed by atoms with Gasteiger partial charge in [0.25, 0.3) is 0 Å². The van der Waals surface area contributed by atoms with Gasteiger partial charge in [-0.1, -0.05) is 6.07 Å². The molecule has 0 aliphatic carbocycles. The summed E-state index contributed by atoms with van der Waals surface area (Å²) in [4.78, 5) is 33.2. The molecule has 0 aromatic heterocycles. The average molecular weight is 263 g/mol. The monoisotopic (exact) mass is 263 g/mol. The zero-order valence-electron chi connectivity index (χ0n) is 11.0. The highest BCUT2D eigenvalue weighted by atomic mass is 16.4. The lowest BCUT2D eigenvalue weighted by atomic mass is 10.1. The molecular weight excluding hydrogens is 246 g/mol. The van der Waals surface area contributed by atoms with Gasteiger partial charge in [-0.3, -0.25) is 14.4 Å². The first-order chi connectivity index (χ1) is 8.88. The van der Waals surface area contributed by atoms with Gasteiger partial charge in [0.1, 0.15) is 5.78 Å². The van der Waals surface area contributed by atoms with Crippen LogP contribution in [-0.4, -0.2) is 22.8 Å². The number of anilines is 1. The maximum atomic E-state index is 11.6. The number of Topliss-reactive ketones (excluding diaryl/α,β-unsaturated/α-hetero) is 1. The summed E-state index contributed by atoms with van der Waals surface area (Å²) < 4.78 is 0. The Labute approximate surface area is 111 Å². The zero-order chi connectivity index (χ0) is 14.4. The summed E-state index contributed by atoms with van der Waals surface area (Å²) in [5, 5.41) is 11.1. The van der Waals surface area contributed by atoms with Gasteiger partial charge in [-0.25, -0.2) is 0 Å². The van der Waals surface area contributed by atoms with Crippen LogP contribution in [0.1, 0.15) is 30.4 Å². The lowest BCUT2D eigenvalue weighted by Gasteiger charge is -2.07. The highest BCUT2D eigenvalue weighted by molar-refractivity contribution is 6.04. The number of rotatable bonds is 6. The van der Waals surface area contributed by atoms with Crippen molar-refractivity contribution in [1.29, 1.82) is 0 Å². The van der Waals surface area contributed by atoms with Crippen LogP contribution in [0.3, 0.4) is 0 Å². The molecule has 1 rings (SSSR count). The molecule has 1 amide bonds. The quantitative estimate of drug-likeness (QED) is 0.769. The Hall–Kier alpha value is -2.17. The molecule has 0 bridgehead atoms. The minimum Gasteiger partial charge on any atom is -0.481 e. The number of hydrogen-bond donors (Lipinski definition) is 2. The van der Waals surface area contributed by atoms with Crippen molar-refractivity contribution in [3.05, 3.63) is 29.3 Å². The molecule has 0 saturated heterocycles. The Kier molecular flexibility index (Phi) is 5.23. The average Bonchev–Trinajstić information content (AvgIpc) is 2.31. The van der Waals surface area contributed by atoms with E-state index in [0.717, 1.165) is 11.1 Å². The highest BCUT2D eigenvalue weighted by Crippen LogP contribution is 2.14. The molecule has 0 unspecified atom stereocenters. The largest absolute Gasteiger partial charge is 0.481 e.